The van der Waals surface area contributed by atoms with E-state index in [1.165, 1.54) is 25.7 Å². The van der Waals surface area contributed by atoms with E-state index >= 15 is 0 Å². The second kappa shape index (κ2) is 6.40. The Hall–Kier alpha value is -2.14. The number of rotatable bonds is 3. The second-order valence-corrected chi connectivity index (χ2v) is 7.10. The molecule has 0 atom stereocenters. The largest absolute Gasteiger partial charge is 0.399 e. The molecule has 4 rings (SSSR count). The maximum atomic E-state index is 12.4. The minimum atomic E-state index is 0.00680. The van der Waals surface area contributed by atoms with E-state index in [9.17, 15) is 4.79 Å². The number of nitrogens with one attached hydrogen (secondary N) is 1. The lowest BCUT2D eigenvalue weighted by molar-refractivity contribution is 0.211. The summed E-state index contributed by atoms with van der Waals surface area (Å²) in [7, 11) is 0. The van der Waals surface area contributed by atoms with Crippen molar-refractivity contribution in [2.45, 2.75) is 38.6 Å². The van der Waals surface area contributed by atoms with Crippen LogP contribution in [-0.4, -0.2) is 28.0 Å². The van der Waals surface area contributed by atoms with Crippen LogP contribution in [0.15, 0.2) is 29.1 Å². The lowest BCUT2D eigenvalue weighted by Crippen LogP contribution is -2.37. The first kappa shape index (κ1) is 15.4. The molecule has 2 aliphatic rings. The molecule has 0 unspecified atom stereocenters. The van der Waals surface area contributed by atoms with Gasteiger partial charge in [0.05, 0.1) is 5.69 Å². The first-order valence-electron chi connectivity index (χ1n) is 8.89. The van der Waals surface area contributed by atoms with Crippen molar-refractivity contribution in [1.82, 2.24) is 14.9 Å². The zero-order chi connectivity index (χ0) is 16.5. The maximum absolute atomic E-state index is 12.4. The third kappa shape index (κ3) is 3.08. The molecule has 1 aliphatic heterocycles. The highest BCUT2D eigenvalue weighted by molar-refractivity contribution is 5.58. The van der Waals surface area contributed by atoms with Crippen molar-refractivity contribution in [3.05, 3.63) is 45.9 Å². The van der Waals surface area contributed by atoms with Crippen LogP contribution in [0.3, 0.4) is 0 Å². The number of H-pyrrole nitrogens is 1. The van der Waals surface area contributed by atoms with E-state index in [2.05, 4.69) is 9.88 Å². The molecular weight excluding hydrogens is 300 g/mol. The normalized spacial score (nSPS) is 18.7. The van der Waals surface area contributed by atoms with E-state index in [1.807, 2.05) is 24.3 Å². The number of hydrogen-bond donors (Lipinski definition) is 2. The first-order chi connectivity index (χ1) is 11.7. The SMILES string of the molecule is Nc1ccc(-c2nc3c(c(=O)[nH]2)CCN(CC2CCCC2)C3)cc1. The van der Waals surface area contributed by atoms with Gasteiger partial charge in [0.25, 0.3) is 5.56 Å². The van der Waals surface area contributed by atoms with Gasteiger partial charge >= 0.3 is 0 Å². The molecule has 5 nitrogen and oxygen atoms in total. The topological polar surface area (TPSA) is 75.0 Å². The number of hydrogen-bond acceptors (Lipinski definition) is 4. The summed E-state index contributed by atoms with van der Waals surface area (Å²) in [6, 6.07) is 7.47. The van der Waals surface area contributed by atoms with Crippen LogP contribution in [0.25, 0.3) is 11.4 Å². The van der Waals surface area contributed by atoms with Crippen molar-refractivity contribution >= 4 is 5.69 Å². The third-order valence-corrected chi connectivity index (χ3v) is 5.33. The zero-order valence-corrected chi connectivity index (χ0v) is 13.9. The lowest BCUT2D eigenvalue weighted by Gasteiger charge is -2.29. The molecule has 2 heterocycles. The van der Waals surface area contributed by atoms with E-state index in [0.29, 0.717) is 11.5 Å². The number of benzene rings is 1. The zero-order valence-electron chi connectivity index (χ0n) is 13.9. The third-order valence-electron chi connectivity index (χ3n) is 5.33. The molecule has 3 N–H and O–H groups in total. The molecule has 0 bridgehead atoms. The first-order valence-corrected chi connectivity index (χ1v) is 8.89. The number of aromatic nitrogens is 2. The summed E-state index contributed by atoms with van der Waals surface area (Å²) in [4.78, 5) is 22.6. The van der Waals surface area contributed by atoms with Crippen molar-refractivity contribution < 1.29 is 0 Å². The Bertz CT molecular complexity index is 775. The van der Waals surface area contributed by atoms with Gasteiger partial charge in [-0.2, -0.15) is 0 Å². The highest BCUT2D eigenvalue weighted by Crippen LogP contribution is 2.27. The summed E-state index contributed by atoms with van der Waals surface area (Å²) in [5.74, 6) is 1.46. The molecule has 1 fully saturated rings. The van der Waals surface area contributed by atoms with Crippen molar-refractivity contribution in [1.29, 1.82) is 0 Å². The van der Waals surface area contributed by atoms with Crippen LogP contribution >= 0.6 is 0 Å². The molecule has 1 aromatic heterocycles. The molecule has 126 valence electrons. The Morgan fingerprint density at radius 2 is 1.96 bits per heavy atom. The molecule has 1 aliphatic carbocycles. The molecule has 1 saturated carbocycles. The van der Waals surface area contributed by atoms with Crippen LogP contribution in [0.2, 0.25) is 0 Å². The molecule has 0 spiro atoms. The number of aromatic amines is 1. The molecule has 0 saturated heterocycles. The monoisotopic (exact) mass is 324 g/mol. The molecule has 0 amide bonds. The van der Waals surface area contributed by atoms with Gasteiger partial charge in [0, 0.05) is 36.4 Å². The van der Waals surface area contributed by atoms with Crippen LogP contribution in [0, 0.1) is 5.92 Å². The van der Waals surface area contributed by atoms with Gasteiger partial charge in [-0.05, 0) is 49.4 Å². The fraction of sp³-hybridized carbons (Fsp3) is 0.474. The van der Waals surface area contributed by atoms with Gasteiger partial charge in [-0.3, -0.25) is 9.69 Å². The van der Waals surface area contributed by atoms with Crippen molar-refractivity contribution in [2.75, 3.05) is 18.8 Å². The molecule has 0 radical (unpaired) electrons. The van der Waals surface area contributed by atoms with Gasteiger partial charge in [-0.25, -0.2) is 4.98 Å². The molecule has 1 aromatic carbocycles. The van der Waals surface area contributed by atoms with E-state index in [1.54, 1.807) is 0 Å². The predicted octanol–water partition coefficient (Wildman–Crippen LogP) is 2.57. The van der Waals surface area contributed by atoms with E-state index in [4.69, 9.17) is 10.7 Å². The summed E-state index contributed by atoms with van der Waals surface area (Å²) in [6.45, 7) is 2.90. The van der Waals surface area contributed by atoms with Gasteiger partial charge in [0.2, 0.25) is 0 Å². The predicted molar refractivity (Wildman–Crippen MR) is 95.6 cm³/mol. The molecule has 5 heteroatoms. The van der Waals surface area contributed by atoms with Crippen molar-refractivity contribution in [3.63, 3.8) is 0 Å². The van der Waals surface area contributed by atoms with Crippen LogP contribution in [-0.2, 0) is 13.0 Å². The standard InChI is InChI=1S/C19H24N4O/c20-15-7-5-14(6-8-15)18-21-17-12-23(11-13-3-1-2-4-13)10-9-16(17)19(24)22-18/h5-8,13H,1-4,9-12,20H2,(H,21,22,24). The molecule has 24 heavy (non-hydrogen) atoms. The van der Waals surface area contributed by atoms with Gasteiger partial charge in [-0.15, -0.1) is 0 Å². The van der Waals surface area contributed by atoms with Crippen molar-refractivity contribution in [2.24, 2.45) is 5.92 Å². The molecule has 2 aromatic rings. The van der Waals surface area contributed by atoms with Crippen LogP contribution in [0.4, 0.5) is 5.69 Å². The Morgan fingerprint density at radius 3 is 2.71 bits per heavy atom. The fourth-order valence-electron chi connectivity index (χ4n) is 3.99. The number of fused-ring (bicyclic) bond motifs is 1. The van der Waals surface area contributed by atoms with Crippen molar-refractivity contribution in [3.8, 4) is 11.4 Å². The fourth-order valence-corrected chi connectivity index (χ4v) is 3.99. The Kier molecular flexibility index (Phi) is 4.10. The Balaban J connectivity index is 1.59. The lowest BCUT2D eigenvalue weighted by atomic mass is 10.0. The highest BCUT2D eigenvalue weighted by Gasteiger charge is 2.24. The summed E-state index contributed by atoms with van der Waals surface area (Å²) in [6.07, 6.45) is 6.24. The number of nitrogen functional groups attached to an aromatic ring is 1. The van der Waals surface area contributed by atoms with Gasteiger partial charge < -0.3 is 10.7 Å². The van der Waals surface area contributed by atoms with Crippen LogP contribution in [0.5, 0.6) is 0 Å². The average Bonchev–Trinajstić information content (AvgIpc) is 3.08. The van der Waals surface area contributed by atoms with Gasteiger partial charge in [-0.1, -0.05) is 12.8 Å². The minimum Gasteiger partial charge on any atom is -0.399 e. The quantitative estimate of drug-likeness (QED) is 0.851. The van der Waals surface area contributed by atoms with Gasteiger partial charge in [0.15, 0.2) is 0 Å². The smallest absolute Gasteiger partial charge is 0.254 e. The summed E-state index contributed by atoms with van der Waals surface area (Å²) in [5.41, 5.74) is 9.16. The van der Waals surface area contributed by atoms with E-state index in [-0.39, 0.29) is 5.56 Å². The maximum Gasteiger partial charge on any atom is 0.254 e. The molecular formula is C19H24N4O. The van der Waals surface area contributed by atoms with E-state index < -0.39 is 0 Å². The highest BCUT2D eigenvalue weighted by atomic mass is 16.1. The van der Waals surface area contributed by atoms with E-state index in [0.717, 1.165) is 48.8 Å². The second-order valence-electron chi connectivity index (χ2n) is 7.10. The van der Waals surface area contributed by atoms with Crippen LogP contribution in [0.1, 0.15) is 36.9 Å². The summed E-state index contributed by atoms with van der Waals surface area (Å²) >= 11 is 0. The average molecular weight is 324 g/mol. The Labute approximate surface area is 141 Å². The minimum absolute atomic E-state index is 0.00680. The summed E-state index contributed by atoms with van der Waals surface area (Å²) in [5, 5.41) is 0. The Morgan fingerprint density at radius 1 is 1.21 bits per heavy atom. The number of nitrogens with two attached hydrogens (primary N) is 1. The summed E-state index contributed by atoms with van der Waals surface area (Å²) < 4.78 is 0. The number of anilines is 1. The van der Waals surface area contributed by atoms with Gasteiger partial charge in [0.1, 0.15) is 5.82 Å². The van der Waals surface area contributed by atoms with Crippen LogP contribution < -0.4 is 11.3 Å². The number of nitrogens with zero attached hydrogens (tertiary/aromatic N) is 2.